The van der Waals surface area contributed by atoms with Gasteiger partial charge in [0, 0.05) is 30.9 Å². The van der Waals surface area contributed by atoms with E-state index in [2.05, 4.69) is 15.5 Å². The van der Waals surface area contributed by atoms with Gasteiger partial charge in [-0.2, -0.15) is 5.10 Å². The van der Waals surface area contributed by atoms with Gasteiger partial charge in [-0.15, -0.1) is 5.10 Å². The van der Waals surface area contributed by atoms with E-state index in [1.165, 1.54) is 0 Å². The van der Waals surface area contributed by atoms with Gasteiger partial charge in [-0.25, -0.2) is 4.39 Å². The van der Waals surface area contributed by atoms with Crippen LogP contribution in [0.3, 0.4) is 0 Å². The van der Waals surface area contributed by atoms with Gasteiger partial charge in [0.05, 0.1) is 24.6 Å². The van der Waals surface area contributed by atoms with Crippen molar-refractivity contribution in [2.45, 2.75) is 6.92 Å². The summed E-state index contributed by atoms with van der Waals surface area (Å²) >= 11 is 0. The molecule has 2 heterocycles. The van der Waals surface area contributed by atoms with E-state index in [1.54, 1.807) is 13.1 Å². The Morgan fingerprint density at radius 3 is 2.65 bits per heavy atom. The van der Waals surface area contributed by atoms with Gasteiger partial charge in [-0.05, 0) is 19.1 Å². The van der Waals surface area contributed by atoms with Crippen LogP contribution in [0.1, 0.15) is 5.69 Å². The molecule has 6 heteroatoms. The molecule has 0 radical (unpaired) electrons. The van der Waals surface area contributed by atoms with Crippen LogP contribution in [-0.4, -0.2) is 43.5 Å². The molecule has 0 spiro atoms. The van der Waals surface area contributed by atoms with Gasteiger partial charge in [0.1, 0.15) is 5.82 Å². The lowest BCUT2D eigenvalue weighted by molar-refractivity contribution is 0.122. The molecule has 0 unspecified atom stereocenters. The highest BCUT2D eigenvalue weighted by atomic mass is 19.1. The van der Waals surface area contributed by atoms with Gasteiger partial charge in [-0.1, -0.05) is 0 Å². The summed E-state index contributed by atoms with van der Waals surface area (Å²) in [6.07, 6.45) is 0. The highest BCUT2D eigenvalue weighted by Crippen LogP contribution is 2.30. The Bertz CT molecular complexity index is 641. The number of fused-ring (bicyclic) bond motifs is 1. The summed E-state index contributed by atoms with van der Waals surface area (Å²) < 4.78 is 19.7. The Hall–Kier alpha value is -1.95. The fourth-order valence-corrected chi connectivity index (χ4v) is 2.52. The first-order valence-corrected chi connectivity index (χ1v) is 6.67. The fraction of sp³-hybridized carbons (Fsp3) is 0.429. The summed E-state index contributed by atoms with van der Waals surface area (Å²) in [6, 6.07) is 3.40. The van der Waals surface area contributed by atoms with E-state index >= 15 is 0 Å². The van der Waals surface area contributed by atoms with E-state index in [0.29, 0.717) is 37.8 Å². The van der Waals surface area contributed by atoms with Crippen LogP contribution in [-0.2, 0) is 4.74 Å². The quantitative estimate of drug-likeness (QED) is 0.908. The molecule has 0 aliphatic carbocycles. The van der Waals surface area contributed by atoms with Crippen molar-refractivity contribution < 1.29 is 9.13 Å². The lowest BCUT2D eigenvalue weighted by Crippen LogP contribution is -2.36. The minimum Gasteiger partial charge on any atom is -0.378 e. The summed E-state index contributed by atoms with van der Waals surface area (Å²) in [5.41, 5.74) is 1.33. The standard InChI is InChI=1S/C14H17FN4O/c1-9-10-7-12(15)13(19-3-5-20-6-4-19)8-11(10)14(16-2)18-17-9/h7-8H,3-6H2,1-2H3,(H,16,18). The normalized spacial score (nSPS) is 15.7. The minimum atomic E-state index is -0.224. The number of benzene rings is 1. The Morgan fingerprint density at radius 2 is 1.95 bits per heavy atom. The van der Waals surface area contributed by atoms with Crippen molar-refractivity contribution in [1.82, 2.24) is 10.2 Å². The molecule has 0 bridgehead atoms. The van der Waals surface area contributed by atoms with E-state index in [9.17, 15) is 4.39 Å². The summed E-state index contributed by atoms with van der Waals surface area (Å²) in [6.45, 7) is 4.50. The molecule has 0 atom stereocenters. The Kier molecular flexibility index (Phi) is 3.40. The first-order chi connectivity index (χ1) is 9.70. The van der Waals surface area contributed by atoms with E-state index in [1.807, 2.05) is 17.9 Å². The number of morpholine rings is 1. The lowest BCUT2D eigenvalue weighted by Gasteiger charge is -2.29. The predicted molar refractivity (Wildman–Crippen MR) is 76.8 cm³/mol. The zero-order valence-corrected chi connectivity index (χ0v) is 11.6. The van der Waals surface area contributed by atoms with E-state index in [0.717, 1.165) is 16.5 Å². The molecule has 5 nitrogen and oxygen atoms in total. The smallest absolute Gasteiger partial charge is 0.156 e. The average molecular weight is 276 g/mol. The number of hydrogen-bond acceptors (Lipinski definition) is 5. The van der Waals surface area contributed by atoms with E-state index in [4.69, 9.17) is 4.74 Å². The molecule has 1 N–H and O–H groups in total. The Morgan fingerprint density at radius 1 is 1.20 bits per heavy atom. The molecule has 1 fully saturated rings. The number of aryl methyl sites for hydroxylation is 1. The summed E-state index contributed by atoms with van der Waals surface area (Å²) in [5.74, 6) is 0.442. The molecule has 0 amide bonds. The average Bonchev–Trinajstić information content (AvgIpc) is 2.49. The maximum Gasteiger partial charge on any atom is 0.156 e. The largest absolute Gasteiger partial charge is 0.378 e. The van der Waals surface area contributed by atoms with Crippen molar-refractivity contribution in [3.63, 3.8) is 0 Å². The van der Waals surface area contributed by atoms with Crippen LogP contribution in [0.2, 0.25) is 0 Å². The molecule has 106 valence electrons. The number of anilines is 2. The Labute approximate surface area is 116 Å². The SMILES string of the molecule is CNc1nnc(C)c2cc(F)c(N3CCOCC3)cc12. The number of hydrogen-bond donors (Lipinski definition) is 1. The zero-order chi connectivity index (χ0) is 14.1. The van der Waals surface area contributed by atoms with Crippen molar-refractivity contribution in [1.29, 1.82) is 0 Å². The molecular weight excluding hydrogens is 259 g/mol. The van der Waals surface area contributed by atoms with Gasteiger partial charge in [0.2, 0.25) is 0 Å². The number of aromatic nitrogens is 2. The van der Waals surface area contributed by atoms with Crippen molar-refractivity contribution in [2.75, 3.05) is 43.6 Å². The van der Waals surface area contributed by atoms with E-state index < -0.39 is 0 Å². The van der Waals surface area contributed by atoms with Gasteiger partial charge >= 0.3 is 0 Å². The fourth-order valence-electron chi connectivity index (χ4n) is 2.52. The van der Waals surface area contributed by atoms with Gasteiger partial charge < -0.3 is 15.0 Å². The number of nitrogens with zero attached hydrogens (tertiary/aromatic N) is 3. The molecule has 3 rings (SSSR count). The van der Waals surface area contributed by atoms with Crippen LogP contribution in [0.15, 0.2) is 12.1 Å². The highest BCUT2D eigenvalue weighted by molar-refractivity contribution is 5.95. The van der Waals surface area contributed by atoms with Crippen LogP contribution in [0.5, 0.6) is 0 Å². The second-order valence-corrected chi connectivity index (χ2v) is 4.83. The monoisotopic (exact) mass is 276 g/mol. The first-order valence-electron chi connectivity index (χ1n) is 6.67. The molecule has 1 saturated heterocycles. The maximum absolute atomic E-state index is 14.4. The topological polar surface area (TPSA) is 50.3 Å². The number of ether oxygens (including phenoxy) is 1. The summed E-state index contributed by atoms with van der Waals surface area (Å²) in [4.78, 5) is 2.01. The molecule has 2 aromatic rings. The molecule has 1 aliphatic heterocycles. The number of nitrogens with one attached hydrogen (secondary N) is 1. The third kappa shape index (κ3) is 2.16. The van der Waals surface area contributed by atoms with Crippen LogP contribution in [0.25, 0.3) is 10.8 Å². The molecule has 1 aromatic carbocycles. The second kappa shape index (κ2) is 5.20. The number of halogens is 1. The summed E-state index contributed by atoms with van der Waals surface area (Å²) in [7, 11) is 1.79. The lowest BCUT2D eigenvalue weighted by atomic mass is 10.1. The third-order valence-electron chi connectivity index (χ3n) is 3.62. The van der Waals surface area contributed by atoms with E-state index in [-0.39, 0.29) is 5.82 Å². The van der Waals surface area contributed by atoms with Crippen molar-refractivity contribution in [3.05, 3.63) is 23.6 Å². The predicted octanol–water partition coefficient (Wildman–Crippen LogP) is 1.96. The van der Waals surface area contributed by atoms with Gasteiger partial charge in [-0.3, -0.25) is 0 Å². The maximum atomic E-state index is 14.4. The molecule has 1 aliphatic rings. The third-order valence-corrected chi connectivity index (χ3v) is 3.62. The van der Waals surface area contributed by atoms with Crippen molar-refractivity contribution in [2.24, 2.45) is 0 Å². The van der Waals surface area contributed by atoms with Gasteiger partial charge in [0.15, 0.2) is 5.82 Å². The van der Waals surface area contributed by atoms with Gasteiger partial charge in [0.25, 0.3) is 0 Å². The molecule has 1 aromatic heterocycles. The highest BCUT2D eigenvalue weighted by Gasteiger charge is 2.18. The molecular formula is C14H17FN4O. The first kappa shape index (κ1) is 13.1. The molecule has 0 saturated carbocycles. The van der Waals surface area contributed by atoms with Crippen LogP contribution in [0, 0.1) is 12.7 Å². The van der Waals surface area contributed by atoms with Crippen LogP contribution in [0.4, 0.5) is 15.9 Å². The Balaban J connectivity index is 2.16. The second-order valence-electron chi connectivity index (χ2n) is 4.83. The van der Waals surface area contributed by atoms with Crippen LogP contribution >= 0.6 is 0 Å². The molecule has 20 heavy (non-hydrogen) atoms. The summed E-state index contributed by atoms with van der Waals surface area (Å²) in [5, 5.41) is 12.9. The zero-order valence-electron chi connectivity index (χ0n) is 11.6. The van der Waals surface area contributed by atoms with Crippen LogP contribution < -0.4 is 10.2 Å². The van der Waals surface area contributed by atoms with Crippen molar-refractivity contribution in [3.8, 4) is 0 Å². The number of rotatable bonds is 2. The van der Waals surface area contributed by atoms with Crippen molar-refractivity contribution >= 4 is 22.3 Å². The minimum absolute atomic E-state index is 0.224.